The van der Waals surface area contributed by atoms with Gasteiger partial charge in [-0.1, -0.05) is 17.7 Å². The monoisotopic (exact) mass is 309 g/mol. The van der Waals surface area contributed by atoms with E-state index in [0.717, 1.165) is 25.9 Å². The average molecular weight is 310 g/mol. The molecule has 114 valence electrons. The van der Waals surface area contributed by atoms with Gasteiger partial charge in [-0.25, -0.2) is 0 Å². The zero-order valence-corrected chi connectivity index (χ0v) is 13.1. The Labute approximate surface area is 129 Å². The van der Waals surface area contributed by atoms with Gasteiger partial charge in [0.15, 0.2) is 0 Å². The van der Waals surface area contributed by atoms with Crippen molar-refractivity contribution in [3.63, 3.8) is 0 Å². The number of hydrogen-bond donors (Lipinski definition) is 1. The molecule has 0 bridgehead atoms. The number of carbonyl (C=O) groups excluding carboxylic acids is 2. The maximum Gasteiger partial charge on any atom is 0.313 e. The fourth-order valence-corrected chi connectivity index (χ4v) is 2.65. The van der Waals surface area contributed by atoms with Gasteiger partial charge in [0.05, 0.1) is 0 Å². The van der Waals surface area contributed by atoms with E-state index in [-0.39, 0.29) is 6.04 Å². The molecular weight excluding hydrogens is 290 g/mol. The fourth-order valence-electron chi connectivity index (χ4n) is 2.46. The fraction of sp³-hybridized carbons (Fsp3) is 0.467. The number of rotatable bonds is 2. The third kappa shape index (κ3) is 4.19. The van der Waals surface area contributed by atoms with Crippen LogP contribution in [0.15, 0.2) is 24.3 Å². The predicted molar refractivity (Wildman–Crippen MR) is 83.4 cm³/mol. The third-order valence-electron chi connectivity index (χ3n) is 3.83. The summed E-state index contributed by atoms with van der Waals surface area (Å²) in [6.45, 7) is 1.89. The second kappa shape index (κ2) is 6.91. The molecule has 1 aromatic carbocycles. The molecule has 0 unspecified atom stereocenters. The van der Waals surface area contributed by atoms with Gasteiger partial charge < -0.3 is 15.1 Å². The van der Waals surface area contributed by atoms with Crippen molar-refractivity contribution in [3.8, 4) is 0 Å². The minimum Gasteiger partial charge on any atom is -0.334 e. The standard InChI is InChI=1S/C15H20ClN3O2/c1-18-8-6-13(7-9-18)19(2)15(21)14(20)17-12-5-3-4-11(16)10-12/h3-5,10,13H,6-9H2,1-2H3,(H,17,20). The van der Waals surface area contributed by atoms with Gasteiger partial charge in [0.2, 0.25) is 0 Å². The van der Waals surface area contributed by atoms with Crippen molar-refractivity contribution in [1.29, 1.82) is 0 Å². The van der Waals surface area contributed by atoms with Gasteiger partial charge >= 0.3 is 11.8 Å². The number of halogens is 1. The Hall–Kier alpha value is -1.59. The lowest BCUT2D eigenvalue weighted by Crippen LogP contribution is -2.47. The summed E-state index contributed by atoms with van der Waals surface area (Å²) in [5.74, 6) is -1.14. The normalized spacial score (nSPS) is 16.5. The Balaban J connectivity index is 1.94. The number of amides is 2. The number of nitrogens with zero attached hydrogens (tertiary/aromatic N) is 2. The van der Waals surface area contributed by atoms with Crippen molar-refractivity contribution in [3.05, 3.63) is 29.3 Å². The van der Waals surface area contributed by atoms with Crippen molar-refractivity contribution in [1.82, 2.24) is 9.80 Å². The minimum absolute atomic E-state index is 0.124. The molecule has 1 heterocycles. The van der Waals surface area contributed by atoms with Gasteiger partial charge in [0.1, 0.15) is 0 Å². The molecule has 0 spiro atoms. The van der Waals surface area contributed by atoms with Gasteiger partial charge in [-0.15, -0.1) is 0 Å². The van der Waals surface area contributed by atoms with Crippen LogP contribution in [0, 0.1) is 0 Å². The zero-order valence-electron chi connectivity index (χ0n) is 12.3. The highest BCUT2D eigenvalue weighted by atomic mass is 35.5. The molecule has 21 heavy (non-hydrogen) atoms. The molecule has 5 nitrogen and oxygen atoms in total. The summed E-state index contributed by atoms with van der Waals surface area (Å²) >= 11 is 5.85. The van der Waals surface area contributed by atoms with Crippen LogP contribution < -0.4 is 5.32 Å². The highest BCUT2D eigenvalue weighted by Gasteiger charge is 2.27. The Bertz CT molecular complexity index is 527. The molecule has 0 atom stereocenters. The second-order valence-electron chi connectivity index (χ2n) is 5.41. The molecule has 1 aliphatic rings. The molecule has 2 rings (SSSR count). The quantitative estimate of drug-likeness (QED) is 0.848. The minimum atomic E-state index is -0.626. The number of likely N-dealkylation sites (tertiary alicyclic amines) is 1. The molecule has 6 heteroatoms. The second-order valence-corrected chi connectivity index (χ2v) is 5.85. The van der Waals surface area contributed by atoms with Crippen LogP contribution >= 0.6 is 11.6 Å². The molecule has 1 aliphatic heterocycles. The molecule has 0 saturated carbocycles. The van der Waals surface area contributed by atoms with Crippen LogP contribution in [0.2, 0.25) is 5.02 Å². The molecule has 1 aromatic rings. The third-order valence-corrected chi connectivity index (χ3v) is 4.07. The van der Waals surface area contributed by atoms with E-state index < -0.39 is 11.8 Å². The first-order valence-electron chi connectivity index (χ1n) is 6.99. The van der Waals surface area contributed by atoms with Crippen molar-refractivity contribution in [2.45, 2.75) is 18.9 Å². The maximum atomic E-state index is 12.2. The molecule has 1 fully saturated rings. The average Bonchev–Trinajstić information content (AvgIpc) is 2.46. The van der Waals surface area contributed by atoms with E-state index in [4.69, 9.17) is 11.6 Å². The van der Waals surface area contributed by atoms with E-state index in [1.54, 1.807) is 36.2 Å². The summed E-state index contributed by atoms with van der Waals surface area (Å²) in [5, 5.41) is 3.10. The largest absolute Gasteiger partial charge is 0.334 e. The molecule has 0 aromatic heterocycles. The Morgan fingerprint density at radius 2 is 2.00 bits per heavy atom. The summed E-state index contributed by atoms with van der Waals surface area (Å²) < 4.78 is 0. The maximum absolute atomic E-state index is 12.2. The van der Waals surface area contributed by atoms with E-state index in [1.807, 2.05) is 0 Å². The van der Waals surface area contributed by atoms with Crippen LogP contribution in [0.4, 0.5) is 5.69 Å². The van der Waals surface area contributed by atoms with Gasteiger partial charge in [-0.05, 0) is 51.2 Å². The first-order valence-corrected chi connectivity index (χ1v) is 7.37. The summed E-state index contributed by atoms with van der Waals surface area (Å²) in [6, 6.07) is 6.88. The smallest absolute Gasteiger partial charge is 0.313 e. The lowest BCUT2D eigenvalue weighted by Gasteiger charge is -2.34. The molecule has 0 aliphatic carbocycles. The predicted octanol–water partition coefficient (Wildman–Crippen LogP) is 1.83. The Morgan fingerprint density at radius 3 is 2.62 bits per heavy atom. The van der Waals surface area contributed by atoms with Crippen LogP contribution in [0.1, 0.15) is 12.8 Å². The molecule has 1 saturated heterocycles. The lowest BCUT2D eigenvalue weighted by molar-refractivity contribution is -0.144. The van der Waals surface area contributed by atoms with Crippen LogP contribution in [0.5, 0.6) is 0 Å². The Kier molecular flexibility index (Phi) is 5.20. The van der Waals surface area contributed by atoms with E-state index >= 15 is 0 Å². The molecule has 2 amide bonds. The molecule has 1 N–H and O–H groups in total. The topological polar surface area (TPSA) is 52.7 Å². The molecule has 0 radical (unpaired) electrons. The van der Waals surface area contributed by atoms with E-state index in [9.17, 15) is 9.59 Å². The van der Waals surface area contributed by atoms with Gasteiger partial charge in [0, 0.05) is 23.8 Å². The number of carbonyl (C=O) groups is 2. The van der Waals surface area contributed by atoms with E-state index in [0.29, 0.717) is 10.7 Å². The highest BCUT2D eigenvalue weighted by molar-refractivity contribution is 6.39. The number of likely N-dealkylation sites (N-methyl/N-ethyl adjacent to an activating group) is 1. The van der Waals surface area contributed by atoms with Crippen molar-refractivity contribution < 1.29 is 9.59 Å². The van der Waals surface area contributed by atoms with Crippen LogP contribution in [-0.2, 0) is 9.59 Å². The van der Waals surface area contributed by atoms with Crippen LogP contribution in [-0.4, -0.2) is 54.8 Å². The lowest BCUT2D eigenvalue weighted by atomic mass is 10.0. The number of piperidine rings is 1. The van der Waals surface area contributed by atoms with Crippen LogP contribution in [0.3, 0.4) is 0 Å². The number of anilines is 1. The SMILES string of the molecule is CN1CCC(N(C)C(=O)C(=O)Nc2cccc(Cl)c2)CC1. The van der Waals surface area contributed by atoms with Crippen molar-refractivity contribution in [2.75, 3.05) is 32.5 Å². The first kappa shape index (κ1) is 15.8. The van der Waals surface area contributed by atoms with E-state index in [1.165, 1.54) is 0 Å². The van der Waals surface area contributed by atoms with Crippen molar-refractivity contribution in [2.24, 2.45) is 0 Å². The van der Waals surface area contributed by atoms with Crippen molar-refractivity contribution >= 4 is 29.1 Å². The first-order chi connectivity index (χ1) is 9.97. The molecular formula is C15H20ClN3O2. The number of benzene rings is 1. The zero-order chi connectivity index (χ0) is 15.4. The van der Waals surface area contributed by atoms with Crippen LogP contribution in [0.25, 0.3) is 0 Å². The van der Waals surface area contributed by atoms with E-state index in [2.05, 4.69) is 17.3 Å². The highest BCUT2D eigenvalue weighted by Crippen LogP contribution is 2.17. The summed E-state index contributed by atoms with van der Waals surface area (Å²) in [5.41, 5.74) is 0.526. The number of nitrogens with one attached hydrogen (secondary N) is 1. The summed E-state index contributed by atoms with van der Waals surface area (Å²) in [4.78, 5) is 28.0. The van der Waals surface area contributed by atoms with Gasteiger partial charge in [-0.3, -0.25) is 9.59 Å². The van der Waals surface area contributed by atoms with Gasteiger partial charge in [0.25, 0.3) is 0 Å². The number of hydrogen-bond acceptors (Lipinski definition) is 3. The van der Waals surface area contributed by atoms with Gasteiger partial charge in [-0.2, -0.15) is 0 Å². The Morgan fingerprint density at radius 1 is 1.33 bits per heavy atom. The summed E-state index contributed by atoms with van der Waals surface area (Å²) in [7, 11) is 3.75. The summed E-state index contributed by atoms with van der Waals surface area (Å²) in [6.07, 6.45) is 1.78.